The predicted molar refractivity (Wildman–Crippen MR) is 77.1 cm³/mol. The number of rotatable bonds is 4. The molecule has 1 aliphatic rings. The SMILES string of the molecule is COc1ccc(CNC(=O)N2CCC(C(=O)O)C2C)cc1. The van der Waals surface area contributed by atoms with E-state index in [9.17, 15) is 9.59 Å². The maximum Gasteiger partial charge on any atom is 0.317 e. The zero-order valence-electron chi connectivity index (χ0n) is 12.2. The molecule has 2 rings (SSSR count). The predicted octanol–water partition coefficient (Wildman–Crippen LogP) is 1.70. The Balaban J connectivity index is 1.88. The molecule has 1 fully saturated rings. The molecule has 0 radical (unpaired) electrons. The van der Waals surface area contributed by atoms with Crippen LogP contribution in [0.1, 0.15) is 18.9 Å². The van der Waals surface area contributed by atoms with Gasteiger partial charge >= 0.3 is 12.0 Å². The van der Waals surface area contributed by atoms with Crippen molar-refractivity contribution in [1.82, 2.24) is 10.2 Å². The van der Waals surface area contributed by atoms with E-state index in [0.29, 0.717) is 19.5 Å². The summed E-state index contributed by atoms with van der Waals surface area (Å²) < 4.78 is 5.07. The van der Waals surface area contributed by atoms with Crippen LogP contribution in [0.3, 0.4) is 0 Å². The molecule has 2 N–H and O–H groups in total. The Kier molecular flexibility index (Phi) is 4.67. The Morgan fingerprint density at radius 3 is 2.57 bits per heavy atom. The van der Waals surface area contributed by atoms with Crippen molar-refractivity contribution < 1.29 is 19.4 Å². The number of nitrogens with one attached hydrogen (secondary N) is 1. The third-order valence-electron chi connectivity index (χ3n) is 3.94. The number of aliphatic carboxylic acids is 1. The molecule has 0 bridgehead atoms. The fourth-order valence-corrected chi connectivity index (χ4v) is 2.58. The number of amides is 2. The van der Waals surface area contributed by atoms with Gasteiger partial charge in [-0.05, 0) is 31.0 Å². The van der Waals surface area contributed by atoms with Gasteiger partial charge in [0.25, 0.3) is 0 Å². The fourth-order valence-electron chi connectivity index (χ4n) is 2.58. The number of ether oxygens (including phenoxy) is 1. The molecule has 0 aromatic heterocycles. The van der Waals surface area contributed by atoms with Gasteiger partial charge in [0.15, 0.2) is 0 Å². The molecule has 0 spiro atoms. The van der Waals surface area contributed by atoms with E-state index in [4.69, 9.17) is 9.84 Å². The molecule has 6 heteroatoms. The summed E-state index contributed by atoms with van der Waals surface area (Å²) in [6.45, 7) is 2.66. The van der Waals surface area contributed by atoms with Crippen molar-refractivity contribution in [3.63, 3.8) is 0 Å². The molecule has 2 amide bonds. The molecule has 0 aliphatic carbocycles. The Hall–Kier alpha value is -2.24. The number of carbonyl (C=O) groups is 2. The first kappa shape index (κ1) is 15.2. The van der Waals surface area contributed by atoms with Crippen molar-refractivity contribution in [2.45, 2.75) is 25.9 Å². The summed E-state index contributed by atoms with van der Waals surface area (Å²) >= 11 is 0. The highest BCUT2D eigenvalue weighted by molar-refractivity contribution is 5.78. The molecule has 6 nitrogen and oxygen atoms in total. The molecule has 1 aromatic rings. The summed E-state index contributed by atoms with van der Waals surface area (Å²) in [5, 5.41) is 11.9. The zero-order chi connectivity index (χ0) is 15.4. The summed E-state index contributed by atoms with van der Waals surface area (Å²) in [4.78, 5) is 24.8. The number of hydrogen-bond donors (Lipinski definition) is 2. The number of carbonyl (C=O) groups excluding carboxylic acids is 1. The lowest BCUT2D eigenvalue weighted by molar-refractivity contribution is -0.142. The van der Waals surface area contributed by atoms with E-state index in [-0.39, 0.29) is 12.1 Å². The summed E-state index contributed by atoms with van der Waals surface area (Å²) in [5.41, 5.74) is 0.964. The van der Waals surface area contributed by atoms with Gasteiger partial charge < -0.3 is 20.1 Å². The highest BCUT2D eigenvalue weighted by Gasteiger charge is 2.37. The van der Waals surface area contributed by atoms with E-state index in [1.54, 1.807) is 18.9 Å². The Labute approximate surface area is 123 Å². The quantitative estimate of drug-likeness (QED) is 0.885. The van der Waals surface area contributed by atoms with Gasteiger partial charge in [-0.3, -0.25) is 4.79 Å². The summed E-state index contributed by atoms with van der Waals surface area (Å²) in [6.07, 6.45) is 0.506. The standard InChI is InChI=1S/C15H20N2O4/c1-10-13(14(18)19)7-8-17(10)15(20)16-9-11-3-5-12(21-2)6-4-11/h3-6,10,13H,7-9H2,1-2H3,(H,16,20)(H,18,19). The zero-order valence-corrected chi connectivity index (χ0v) is 12.2. The average Bonchev–Trinajstić information content (AvgIpc) is 2.87. The smallest absolute Gasteiger partial charge is 0.317 e. The minimum atomic E-state index is -0.840. The van der Waals surface area contributed by atoms with Crippen molar-refractivity contribution >= 4 is 12.0 Å². The molecule has 1 aliphatic heterocycles. The van der Waals surface area contributed by atoms with E-state index in [0.717, 1.165) is 11.3 Å². The van der Waals surface area contributed by atoms with Crippen LogP contribution in [-0.2, 0) is 11.3 Å². The molecule has 114 valence electrons. The van der Waals surface area contributed by atoms with Crippen LogP contribution >= 0.6 is 0 Å². The molecular weight excluding hydrogens is 272 g/mol. The first-order chi connectivity index (χ1) is 10.0. The molecule has 2 unspecified atom stereocenters. The fraction of sp³-hybridized carbons (Fsp3) is 0.467. The monoisotopic (exact) mass is 292 g/mol. The minimum absolute atomic E-state index is 0.220. The van der Waals surface area contributed by atoms with E-state index < -0.39 is 11.9 Å². The third kappa shape index (κ3) is 3.45. The van der Waals surface area contributed by atoms with Crippen LogP contribution in [0.15, 0.2) is 24.3 Å². The van der Waals surface area contributed by atoms with Crippen molar-refractivity contribution in [3.8, 4) is 5.75 Å². The Morgan fingerprint density at radius 2 is 2.05 bits per heavy atom. The second-order valence-electron chi connectivity index (χ2n) is 5.17. The van der Waals surface area contributed by atoms with Gasteiger partial charge in [0.1, 0.15) is 5.75 Å². The maximum absolute atomic E-state index is 12.1. The number of benzene rings is 1. The number of likely N-dealkylation sites (tertiary alicyclic amines) is 1. The molecule has 2 atom stereocenters. The number of hydrogen-bond acceptors (Lipinski definition) is 3. The van der Waals surface area contributed by atoms with Gasteiger partial charge in [0, 0.05) is 19.1 Å². The first-order valence-corrected chi connectivity index (χ1v) is 6.93. The van der Waals surface area contributed by atoms with Crippen molar-refractivity contribution in [3.05, 3.63) is 29.8 Å². The van der Waals surface area contributed by atoms with Crippen molar-refractivity contribution in [2.75, 3.05) is 13.7 Å². The normalized spacial score (nSPS) is 21.1. The summed E-state index contributed by atoms with van der Waals surface area (Å²) in [6, 6.07) is 6.93. The number of nitrogens with zero attached hydrogens (tertiary/aromatic N) is 1. The van der Waals surface area contributed by atoms with E-state index in [1.807, 2.05) is 24.3 Å². The largest absolute Gasteiger partial charge is 0.497 e. The molecule has 1 aromatic carbocycles. The van der Waals surface area contributed by atoms with Crippen LogP contribution in [0.4, 0.5) is 4.79 Å². The van der Waals surface area contributed by atoms with E-state index >= 15 is 0 Å². The Morgan fingerprint density at radius 1 is 1.38 bits per heavy atom. The molecule has 1 saturated heterocycles. The van der Waals surface area contributed by atoms with Crippen LogP contribution in [0.25, 0.3) is 0 Å². The molecule has 21 heavy (non-hydrogen) atoms. The number of urea groups is 1. The number of carboxylic acid groups (broad SMARTS) is 1. The van der Waals surface area contributed by atoms with Crippen molar-refractivity contribution in [2.24, 2.45) is 5.92 Å². The second kappa shape index (κ2) is 6.47. The van der Waals surface area contributed by atoms with Crippen LogP contribution in [0, 0.1) is 5.92 Å². The maximum atomic E-state index is 12.1. The van der Waals surface area contributed by atoms with Crippen LogP contribution < -0.4 is 10.1 Å². The average molecular weight is 292 g/mol. The van der Waals surface area contributed by atoms with E-state index in [2.05, 4.69) is 5.32 Å². The van der Waals surface area contributed by atoms with Crippen LogP contribution in [0.2, 0.25) is 0 Å². The van der Waals surface area contributed by atoms with Gasteiger partial charge in [-0.2, -0.15) is 0 Å². The van der Waals surface area contributed by atoms with Gasteiger partial charge in [0.2, 0.25) is 0 Å². The number of methoxy groups -OCH3 is 1. The number of carboxylic acids is 1. The minimum Gasteiger partial charge on any atom is -0.497 e. The summed E-state index contributed by atoms with van der Waals surface area (Å²) in [7, 11) is 1.60. The van der Waals surface area contributed by atoms with E-state index in [1.165, 1.54) is 0 Å². The topological polar surface area (TPSA) is 78.9 Å². The van der Waals surface area contributed by atoms with Gasteiger partial charge in [0.05, 0.1) is 13.0 Å². The van der Waals surface area contributed by atoms with Gasteiger partial charge in [-0.1, -0.05) is 12.1 Å². The van der Waals surface area contributed by atoms with Gasteiger partial charge in [-0.25, -0.2) is 4.79 Å². The molecule has 0 saturated carbocycles. The summed E-state index contributed by atoms with van der Waals surface area (Å²) in [5.74, 6) is -0.549. The van der Waals surface area contributed by atoms with Crippen LogP contribution in [-0.4, -0.2) is 41.7 Å². The van der Waals surface area contributed by atoms with Crippen LogP contribution in [0.5, 0.6) is 5.75 Å². The highest BCUT2D eigenvalue weighted by Crippen LogP contribution is 2.24. The third-order valence-corrected chi connectivity index (χ3v) is 3.94. The lowest BCUT2D eigenvalue weighted by Gasteiger charge is -2.23. The van der Waals surface area contributed by atoms with Crippen molar-refractivity contribution in [1.29, 1.82) is 0 Å². The Bertz CT molecular complexity index is 515. The molecular formula is C15H20N2O4. The molecule has 1 heterocycles. The lowest BCUT2D eigenvalue weighted by atomic mass is 10.0. The second-order valence-corrected chi connectivity index (χ2v) is 5.17. The first-order valence-electron chi connectivity index (χ1n) is 6.93. The lowest BCUT2D eigenvalue weighted by Crippen LogP contribution is -2.43. The van der Waals surface area contributed by atoms with Gasteiger partial charge in [-0.15, -0.1) is 0 Å². The highest BCUT2D eigenvalue weighted by atomic mass is 16.5.